The highest BCUT2D eigenvalue weighted by molar-refractivity contribution is 6.04. The fraction of sp³-hybridized carbons (Fsp3) is 0.182. The Kier molecular flexibility index (Phi) is 3.41. The van der Waals surface area contributed by atoms with Crippen molar-refractivity contribution < 1.29 is 9.90 Å². The van der Waals surface area contributed by atoms with Gasteiger partial charge in [-0.25, -0.2) is 0 Å². The summed E-state index contributed by atoms with van der Waals surface area (Å²) in [6.07, 6.45) is 1.45. The molecule has 0 aliphatic rings. The molecular weight excluding hydrogens is 164 g/mol. The topological polar surface area (TPSA) is 37.3 Å². The van der Waals surface area contributed by atoms with Gasteiger partial charge in [0.05, 0.1) is 6.61 Å². The number of aliphatic hydroxyl groups excluding tert-OH is 1. The molecule has 0 unspecified atom stereocenters. The van der Waals surface area contributed by atoms with Gasteiger partial charge in [0.15, 0.2) is 5.78 Å². The van der Waals surface area contributed by atoms with E-state index >= 15 is 0 Å². The molecule has 0 saturated heterocycles. The number of hydrogen-bond acceptors (Lipinski definition) is 2. The van der Waals surface area contributed by atoms with Crippen LogP contribution < -0.4 is 0 Å². The molecule has 0 spiro atoms. The van der Waals surface area contributed by atoms with Crippen LogP contribution in [0.5, 0.6) is 0 Å². The Morgan fingerprint density at radius 1 is 1.38 bits per heavy atom. The van der Waals surface area contributed by atoms with Gasteiger partial charge in [-0.3, -0.25) is 4.79 Å². The van der Waals surface area contributed by atoms with Gasteiger partial charge in [-0.05, 0) is 18.6 Å². The molecule has 68 valence electrons. The lowest BCUT2D eigenvalue weighted by Crippen LogP contribution is -1.96. The maximum atomic E-state index is 11.4. The highest BCUT2D eigenvalue weighted by Gasteiger charge is 2.00. The third-order valence-electron chi connectivity index (χ3n) is 1.69. The zero-order chi connectivity index (χ0) is 9.68. The molecule has 2 heteroatoms. The van der Waals surface area contributed by atoms with Crippen molar-refractivity contribution in [1.82, 2.24) is 0 Å². The molecule has 0 heterocycles. The fourth-order valence-corrected chi connectivity index (χ4v) is 0.955. The number of benzene rings is 1. The lowest BCUT2D eigenvalue weighted by atomic mass is 10.1. The first-order valence-electron chi connectivity index (χ1n) is 4.11. The molecule has 13 heavy (non-hydrogen) atoms. The summed E-state index contributed by atoms with van der Waals surface area (Å²) in [5.41, 5.74) is 1.32. The number of ketones is 1. The van der Waals surface area contributed by atoms with Gasteiger partial charge in [0.25, 0.3) is 0 Å². The van der Waals surface area contributed by atoms with Gasteiger partial charge in [0, 0.05) is 5.56 Å². The summed E-state index contributed by atoms with van der Waals surface area (Å²) < 4.78 is 0. The first kappa shape index (κ1) is 9.68. The Labute approximate surface area is 77.5 Å². The lowest BCUT2D eigenvalue weighted by molar-refractivity contribution is 0.104. The lowest BCUT2D eigenvalue weighted by Gasteiger charge is -1.96. The molecular formula is C11H12O2. The van der Waals surface area contributed by atoms with Crippen molar-refractivity contribution in [2.24, 2.45) is 0 Å². The van der Waals surface area contributed by atoms with Crippen molar-refractivity contribution in [3.8, 4) is 0 Å². The van der Waals surface area contributed by atoms with Crippen molar-refractivity contribution in [2.75, 3.05) is 6.61 Å². The fourth-order valence-electron chi connectivity index (χ4n) is 0.955. The largest absolute Gasteiger partial charge is 0.392 e. The van der Waals surface area contributed by atoms with Crippen LogP contribution in [0.2, 0.25) is 0 Å². The van der Waals surface area contributed by atoms with Crippen molar-refractivity contribution >= 4 is 5.78 Å². The Balaban J connectivity index is 2.81. The van der Waals surface area contributed by atoms with Crippen LogP contribution in [0.1, 0.15) is 17.3 Å². The van der Waals surface area contributed by atoms with E-state index in [4.69, 9.17) is 5.11 Å². The van der Waals surface area contributed by atoms with Gasteiger partial charge in [0.2, 0.25) is 0 Å². The second kappa shape index (κ2) is 4.58. The van der Waals surface area contributed by atoms with Crippen LogP contribution >= 0.6 is 0 Å². The van der Waals surface area contributed by atoms with Crippen LogP contribution in [-0.2, 0) is 0 Å². The predicted octanol–water partition coefficient (Wildman–Crippen LogP) is 1.81. The molecule has 2 nitrogen and oxygen atoms in total. The summed E-state index contributed by atoms with van der Waals surface area (Å²) in [7, 11) is 0. The molecule has 0 atom stereocenters. The number of hydrogen-bond donors (Lipinski definition) is 1. The minimum absolute atomic E-state index is 0.0628. The van der Waals surface area contributed by atoms with Crippen molar-refractivity contribution in [2.45, 2.75) is 6.92 Å². The quantitative estimate of drug-likeness (QED) is 0.563. The summed E-state index contributed by atoms with van der Waals surface area (Å²) in [4.78, 5) is 11.4. The molecule has 0 aromatic heterocycles. The van der Waals surface area contributed by atoms with E-state index in [9.17, 15) is 4.79 Å². The predicted molar refractivity (Wildman–Crippen MR) is 51.6 cm³/mol. The first-order chi connectivity index (χ1) is 6.24. The maximum Gasteiger partial charge on any atom is 0.185 e. The van der Waals surface area contributed by atoms with Gasteiger partial charge in [-0.2, -0.15) is 0 Å². The molecule has 0 fully saturated rings. The maximum absolute atomic E-state index is 11.4. The van der Waals surface area contributed by atoms with E-state index < -0.39 is 0 Å². The third-order valence-corrected chi connectivity index (χ3v) is 1.69. The van der Waals surface area contributed by atoms with E-state index in [0.717, 1.165) is 0 Å². The van der Waals surface area contributed by atoms with Crippen LogP contribution in [0.3, 0.4) is 0 Å². The Morgan fingerprint density at radius 3 is 2.54 bits per heavy atom. The Bertz CT molecular complexity index is 312. The van der Waals surface area contributed by atoms with Crippen LogP contribution in [-0.4, -0.2) is 17.5 Å². The minimum Gasteiger partial charge on any atom is -0.392 e. The molecule has 1 aromatic rings. The van der Waals surface area contributed by atoms with Gasteiger partial charge in [-0.15, -0.1) is 0 Å². The molecule has 0 radical (unpaired) electrons. The molecule has 1 rings (SSSR count). The number of carbonyl (C=O) groups is 1. The van der Waals surface area contributed by atoms with Crippen molar-refractivity contribution in [3.05, 3.63) is 47.5 Å². The zero-order valence-electron chi connectivity index (χ0n) is 7.53. The second-order valence-corrected chi connectivity index (χ2v) is 2.88. The normalized spacial score (nSPS) is 11.4. The van der Waals surface area contributed by atoms with Crippen molar-refractivity contribution in [1.29, 1.82) is 0 Å². The van der Waals surface area contributed by atoms with E-state index in [0.29, 0.717) is 11.1 Å². The average Bonchev–Trinajstić information content (AvgIpc) is 2.19. The number of rotatable bonds is 3. The smallest absolute Gasteiger partial charge is 0.185 e. The van der Waals surface area contributed by atoms with Gasteiger partial charge < -0.3 is 5.11 Å². The summed E-state index contributed by atoms with van der Waals surface area (Å²) >= 11 is 0. The van der Waals surface area contributed by atoms with Gasteiger partial charge >= 0.3 is 0 Å². The van der Waals surface area contributed by atoms with E-state index in [2.05, 4.69) is 0 Å². The van der Waals surface area contributed by atoms with Crippen LogP contribution in [0.4, 0.5) is 0 Å². The van der Waals surface area contributed by atoms with Crippen molar-refractivity contribution in [3.63, 3.8) is 0 Å². The van der Waals surface area contributed by atoms with Gasteiger partial charge in [-0.1, -0.05) is 30.3 Å². The van der Waals surface area contributed by atoms with Gasteiger partial charge in [0.1, 0.15) is 0 Å². The second-order valence-electron chi connectivity index (χ2n) is 2.88. The van der Waals surface area contributed by atoms with E-state index in [1.165, 1.54) is 6.08 Å². The number of aliphatic hydroxyl groups is 1. The van der Waals surface area contributed by atoms with Crippen LogP contribution in [0.15, 0.2) is 42.0 Å². The molecule has 1 aromatic carbocycles. The summed E-state index contributed by atoms with van der Waals surface area (Å²) in [5.74, 6) is -0.0628. The van der Waals surface area contributed by atoms with Crippen LogP contribution in [0, 0.1) is 0 Å². The monoisotopic (exact) mass is 176 g/mol. The highest BCUT2D eigenvalue weighted by Crippen LogP contribution is 2.02. The molecule has 0 amide bonds. The standard InChI is InChI=1S/C11H12O2/c1-9(8-12)7-11(13)10-5-3-2-4-6-10/h2-7,12H,8H2,1H3/b9-7+. The van der Waals surface area contributed by atoms with E-state index in [1.54, 1.807) is 19.1 Å². The zero-order valence-corrected chi connectivity index (χ0v) is 7.53. The first-order valence-corrected chi connectivity index (χ1v) is 4.11. The third kappa shape index (κ3) is 2.84. The summed E-state index contributed by atoms with van der Waals surface area (Å²) in [6, 6.07) is 9.00. The average molecular weight is 176 g/mol. The summed E-state index contributed by atoms with van der Waals surface area (Å²) in [6.45, 7) is 1.65. The summed E-state index contributed by atoms with van der Waals surface area (Å²) in [5, 5.41) is 8.71. The minimum atomic E-state index is -0.0709. The number of allylic oxidation sites excluding steroid dienone is 1. The Hall–Kier alpha value is -1.41. The molecule has 0 aliphatic carbocycles. The molecule has 0 bridgehead atoms. The Morgan fingerprint density at radius 2 is 2.00 bits per heavy atom. The molecule has 0 aliphatic heterocycles. The van der Waals surface area contributed by atoms with E-state index in [-0.39, 0.29) is 12.4 Å². The number of carbonyl (C=O) groups excluding carboxylic acids is 1. The molecule has 0 saturated carbocycles. The molecule has 1 N–H and O–H groups in total. The van der Waals surface area contributed by atoms with E-state index in [1.807, 2.05) is 18.2 Å². The van der Waals surface area contributed by atoms with Crippen LogP contribution in [0.25, 0.3) is 0 Å². The highest BCUT2D eigenvalue weighted by atomic mass is 16.3. The SMILES string of the molecule is C/C(=C\C(=O)c1ccccc1)CO.